The van der Waals surface area contributed by atoms with Crippen molar-refractivity contribution in [1.29, 1.82) is 0 Å². The highest BCUT2D eigenvalue weighted by atomic mass is 16.6. The van der Waals surface area contributed by atoms with Gasteiger partial charge >= 0.3 is 5.97 Å². The summed E-state index contributed by atoms with van der Waals surface area (Å²) in [6.07, 6.45) is 1.76. The number of benzene rings is 2. The number of nitro groups is 1. The Labute approximate surface area is 184 Å². The van der Waals surface area contributed by atoms with Gasteiger partial charge in [0.05, 0.1) is 23.0 Å². The summed E-state index contributed by atoms with van der Waals surface area (Å²) in [6, 6.07) is 17.0. The van der Waals surface area contributed by atoms with Crippen molar-refractivity contribution in [2.24, 2.45) is 16.6 Å². The minimum absolute atomic E-state index is 0.000672. The van der Waals surface area contributed by atoms with Crippen molar-refractivity contribution >= 4 is 22.7 Å². The van der Waals surface area contributed by atoms with Gasteiger partial charge in [0, 0.05) is 17.1 Å². The Hall–Kier alpha value is -4.07. The fraction of sp³-hybridized carbons (Fsp3) is 0.208. The van der Waals surface area contributed by atoms with Crippen LogP contribution in [0.2, 0.25) is 0 Å². The molecule has 1 aromatic heterocycles. The zero-order chi connectivity index (χ0) is 22.8. The molecule has 8 nitrogen and oxygen atoms in total. The van der Waals surface area contributed by atoms with E-state index in [1.54, 1.807) is 25.3 Å². The normalized spacial score (nSPS) is 18.4. The van der Waals surface area contributed by atoms with E-state index >= 15 is 0 Å². The third kappa shape index (κ3) is 3.71. The van der Waals surface area contributed by atoms with Crippen LogP contribution in [0.1, 0.15) is 25.3 Å². The number of carbonyl (C=O) groups excluding carboxylic acids is 1. The van der Waals surface area contributed by atoms with Crippen LogP contribution in [0.5, 0.6) is 0 Å². The molecule has 0 bridgehead atoms. The predicted molar refractivity (Wildman–Crippen MR) is 121 cm³/mol. The first-order valence-corrected chi connectivity index (χ1v) is 10.2. The third-order valence-corrected chi connectivity index (χ3v) is 5.55. The molecule has 0 radical (unpaired) electrons. The maximum atomic E-state index is 12.8. The number of nitrogens with two attached hydrogens (primary N) is 1. The van der Waals surface area contributed by atoms with E-state index in [-0.39, 0.29) is 23.8 Å². The molecular formula is C24H22N4O4. The van der Waals surface area contributed by atoms with E-state index in [0.29, 0.717) is 16.5 Å². The van der Waals surface area contributed by atoms with E-state index in [2.05, 4.69) is 9.98 Å². The molecule has 0 saturated heterocycles. The average molecular weight is 430 g/mol. The van der Waals surface area contributed by atoms with Crippen LogP contribution >= 0.6 is 0 Å². The molecule has 4 rings (SSSR count). The van der Waals surface area contributed by atoms with Gasteiger partial charge in [-0.15, -0.1) is 0 Å². The van der Waals surface area contributed by atoms with Crippen LogP contribution in [0.3, 0.4) is 0 Å². The molecule has 0 aliphatic carbocycles. The van der Waals surface area contributed by atoms with Gasteiger partial charge in [-0.1, -0.05) is 42.5 Å². The Morgan fingerprint density at radius 2 is 1.91 bits per heavy atom. The quantitative estimate of drug-likeness (QED) is 0.370. The highest BCUT2D eigenvalue weighted by Crippen LogP contribution is 2.41. The molecular weight excluding hydrogens is 408 g/mol. The molecule has 3 aromatic rings. The highest BCUT2D eigenvalue weighted by molar-refractivity contribution is 6.03. The zero-order valence-electron chi connectivity index (χ0n) is 17.7. The van der Waals surface area contributed by atoms with Gasteiger partial charge in [0.15, 0.2) is 0 Å². The summed E-state index contributed by atoms with van der Waals surface area (Å²) >= 11 is 0. The Kier molecular flexibility index (Phi) is 5.68. The smallest absolute Gasteiger partial charge is 0.317 e. The first-order chi connectivity index (χ1) is 15.4. The summed E-state index contributed by atoms with van der Waals surface area (Å²) < 4.78 is 5.21. The molecule has 2 unspecified atom stereocenters. The molecule has 32 heavy (non-hydrogen) atoms. The monoisotopic (exact) mass is 430 g/mol. The van der Waals surface area contributed by atoms with Crippen molar-refractivity contribution in [3.05, 3.63) is 87.9 Å². The lowest BCUT2D eigenvalue weighted by atomic mass is 9.79. The van der Waals surface area contributed by atoms with E-state index in [4.69, 9.17) is 10.5 Å². The summed E-state index contributed by atoms with van der Waals surface area (Å²) in [6.45, 7) is 3.33. The maximum absolute atomic E-state index is 12.8. The number of hydrogen-bond donors (Lipinski definition) is 1. The minimum atomic E-state index is -1.11. The molecule has 0 saturated carbocycles. The number of amidine groups is 1. The van der Waals surface area contributed by atoms with Crippen molar-refractivity contribution in [3.63, 3.8) is 0 Å². The van der Waals surface area contributed by atoms with Gasteiger partial charge in [-0.2, -0.15) is 0 Å². The number of rotatable bonds is 5. The summed E-state index contributed by atoms with van der Waals surface area (Å²) in [5, 5.41) is 12.8. The van der Waals surface area contributed by atoms with Gasteiger partial charge in [-0.05, 0) is 37.1 Å². The standard InChI is InChI=1S/C24H22N4O4/c1-3-32-24(29)21-20(22(28(30)31)14(2)27-23(21)25)17-10-7-11-19-18(17)12-16(13-26-19)15-8-5-4-6-9-15/h4-13,20-21H,3H2,1-2H3,(H2,25,27). The fourth-order valence-corrected chi connectivity index (χ4v) is 4.17. The number of esters is 1. The third-order valence-electron chi connectivity index (χ3n) is 5.55. The predicted octanol–water partition coefficient (Wildman–Crippen LogP) is 4.04. The van der Waals surface area contributed by atoms with Crippen molar-refractivity contribution in [2.45, 2.75) is 19.8 Å². The number of aromatic nitrogens is 1. The molecule has 1 aliphatic rings. The largest absolute Gasteiger partial charge is 0.465 e. The van der Waals surface area contributed by atoms with E-state index in [9.17, 15) is 14.9 Å². The number of aliphatic imine (C=N–C) groups is 1. The zero-order valence-corrected chi connectivity index (χ0v) is 17.7. The average Bonchev–Trinajstić information content (AvgIpc) is 2.78. The lowest BCUT2D eigenvalue weighted by Crippen LogP contribution is -2.41. The molecule has 0 fully saturated rings. The second-order valence-corrected chi connectivity index (χ2v) is 7.48. The molecule has 162 valence electrons. The second kappa shape index (κ2) is 8.58. The second-order valence-electron chi connectivity index (χ2n) is 7.48. The van der Waals surface area contributed by atoms with E-state index in [0.717, 1.165) is 11.1 Å². The fourth-order valence-electron chi connectivity index (χ4n) is 4.17. The van der Waals surface area contributed by atoms with Gasteiger partial charge < -0.3 is 10.5 Å². The summed E-state index contributed by atoms with van der Waals surface area (Å²) in [4.78, 5) is 33.1. The maximum Gasteiger partial charge on any atom is 0.317 e. The SMILES string of the molecule is CCOC(=O)C1C(N)=NC(C)=C([N+](=O)[O-])C1c1cccc2ncc(-c3ccccc3)cc12. The van der Waals surface area contributed by atoms with Crippen LogP contribution in [-0.4, -0.2) is 28.3 Å². The van der Waals surface area contributed by atoms with Gasteiger partial charge in [0.2, 0.25) is 0 Å². The summed E-state index contributed by atoms with van der Waals surface area (Å²) in [7, 11) is 0. The molecule has 2 atom stereocenters. The number of fused-ring (bicyclic) bond motifs is 1. The number of nitrogens with zero attached hydrogens (tertiary/aromatic N) is 3. The first kappa shape index (κ1) is 21.2. The Morgan fingerprint density at radius 3 is 2.59 bits per heavy atom. The summed E-state index contributed by atoms with van der Waals surface area (Å²) in [5.74, 6) is -2.71. The van der Waals surface area contributed by atoms with Gasteiger partial charge in [0.1, 0.15) is 17.5 Å². The van der Waals surface area contributed by atoms with Crippen LogP contribution in [-0.2, 0) is 9.53 Å². The molecule has 0 spiro atoms. The van der Waals surface area contributed by atoms with Crippen LogP contribution in [0.25, 0.3) is 22.0 Å². The van der Waals surface area contributed by atoms with Gasteiger partial charge in [-0.25, -0.2) is 4.99 Å². The van der Waals surface area contributed by atoms with E-state index in [1.807, 2.05) is 42.5 Å². The van der Waals surface area contributed by atoms with Crippen LogP contribution in [0.4, 0.5) is 0 Å². The van der Waals surface area contributed by atoms with Crippen LogP contribution in [0, 0.1) is 16.0 Å². The topological polar surface area (TPSA) is 121 Å². The lowest BCUT2D eigenvalue weighted by molar-refractivity contribution is -0.432. The lowest BCUT2D eigenvalue weighted by Gasteiger charge is -2.28. The van der Waals surface area contributed by atoms with Crippen LogP contribution < -0.4 is 5.73 Å². The number of allylic oxidation sites excluding steroid dienone is 2. The Balaban J connectivity index is 1.97. The molecule has 2 N–H and O–H groups in total. The van der Waals surface area contributed by atoms with E-state index in [1.165, 1.54) is 6.92 Å². The molecule has 2 aromatic carbocycles. The molecule has 0 amide bonds. The Morgan fingerprint density at radius 1 is 1.16 bits per heavy atom. The number of ether oxygens (including phenoxy) is 1. The van der Waals surface area contributed by atoms with Crippen molar-refractivity contribution in [2.75, 3.05) is 6.61 Å². The van der Waals surface area contributed by atoms with Crippen molar-refractivity contribution in [3.8, 4) is 11.1 Å². The van der Waals surface area contributed by atoms with E-state index < -0.39 is 22.7 Å². The van der Waals surface area contributed by atoms with Gasteiger partial charge in [0.25, 0.3) is 5.70 Å². The highest BCUT2D eigenvalue weighted by Gasteiger charge is 2.46. The summed E-state index contributed by atoms with van der Waals surface area (Å²) in [5.41, 5.74) is 9.19. The number of hydrogen-bond acceptors (Lipinski definition) is 7. The molecule has 8 heteroatoms. The number of carbonyl (C=O) groups is 1. The van der Waals surface area contributed by atoms with Crippen molar-refractivity contribution < 1.29 is 14.5 Å². The minimum Gasteiger partial charge on any atom is -0.465 e. The molecule has 1 aliphatic heterocycles. The Bertz CT molecular complexity index is 1270. The number of pyridine rings is 1. The molecule has 2 heterocycles. The van der Waals surface area contributed by atoms with Crippen LogP contribution in [0.15, 0.2) is 77.2 Å². The van der Waals surface area contributed by atoms with Gasteiger partial charge in [-0.3, -0.25) is 19.9 Å². The first-order valence-electron chi connectivity index (χ1n) is 10.2. The van der Waals surface area contributed by atoms with Crippen molar-refractivity contribution in [1.82, 2.24) is 4.98 Å².